The highest BCUT2D eigenvalue weighted by molar-refractivity contribution is 9.10. The molecule has 28 heavy (non-hydrogen) atoms. The predicted molar refractivity (Wildman–Crippen MR) is 117 cm³/mol. The van der Waals surface area contributed by atoms with Gasteiger partial charge in [-0.15, -0.1) is 0 Å². The van der Waals surface area contributed by atoms with E-state index in [-0.39, 0.29) is 17.1 Å². The number of rotatable bonds is 8. The Balaban J connectivity index is 2.04. The van der Waals surface area contributed by atoms with Crippen molar-refractivity contribution in [1.29, 1.82) is 0 Å². The van der Waals surface area contributed by atoms with Crippen molar-refractivity contribution in [2.24, 2.45) is 0 Å². The van der Waals surface area contributed by atoms with Crippen LogP contribution in [0.5, 0.6) is 11.5 Å². The number of anilines is 1. The quantitative estimate of drug-likeness (QED) is 0.444. The summed E-state index contributed by atoms with van der Waals surface area (Å²) in [5.41, 5.74) is 1.08. The lowest BCUT2D eigenvalue weighted by Crippen LogP contribution is -2.34. The van der Waals surface area contributed by atoms with Crippen molar-refractivity contribution in [2.45, 2.75) is 20.0 Å². The van der Waals surface area contributed by atoms with E-state index in [4.69, 9.17) is 26.4 Å². The largest absolute Gasteiger partial charge is 0.491 e. The first-order chi connectivity index (χ1) is 13.4. The number of hydrogen-bond donors (Lipinski definition) is 2. The third kappa shape index (κ3) is 7.10. The number of thiocarbonyl (C=S) groups is 1. The van der Waals surface area contributed by atoms with Gasteiger partial charge in [0.05, 0.1) is 18.3 Å². The van der Waals surface area contributed by atoms with Crippen LogP contribution in [0.2, 0.25) is 0 Å². The summed E-state index contributed by atoms with van der Waals surface area (Å²) in [5.74, 6) is 0.795. The molecule has 2 rings (SSSR count). The van der Waals surface area contributed by atoms with Gasteiger partial charge < -0.3 is 19.5 Å². The lowest BCUT2D eigenvalue weighted by atomic mass is 10.2. The van der Waals surface area contributed by atoms with Crippen LogP contribution < -0.4 is 20.1 Å². The average molecular weight is 467 g/mol. The van der Waals surface area contributed by atoms with E-state index in [9.17, 15) is 4.79 Å². The Bertz CT molecular complexity index is 830. The molecule has 2 N–H and O–H groups in total. The molecule has 0 aromatic heterocycles. The van der Waals surface area contributed by atoms with E-state index in [1.54, 1.807) is 25.3 Å². The zero-order valence-electron chi connectivity index (χ0n) is 16.0. The van der Waals surface area contributed by atoms with Gasteiger partial charge in [0.2, 0.25) is 0 Å². The summed E-state index contributed by atoms with van der Waals surface area (Å²) in [6.45, 7) is 4.67. The minimum absolute atomic E-state index is 0.0648. The van der Waals surface area contributed by atoms with Crippen LogP contribution in [-0.2, 0) is 4.74 Å². The van der Waals surface area contributed by atoms with Crippen LogP contribution in [-0.4, -0.2) is 37.4 Å². The van der Waals surface area contributed by atoms with Crippen molar-refractivity contribution in [3.05, 3.63) is 52.5 Å². The normalized spacial score (nSPS) is 10.5. The van der Waals surface area contributed by atoms with Gasteiger partial charge in [-0.3, -0.25) is 10.1 Å². The molecule has 0 fully saturated rings. The maximum Gasteiger partial charge on any atom is 0.261 e. The van der Waals surface area contributed by atoms with Gasteiger partial charge in [-0.1, -0.05) is 22.0 Å². The van der Waals surface area contributed by atoms with Crippen LogP contribution in [0, 0.1) is 0 Å². The third-order valence-electron chi connectivity index (χ3n) is 3.42. The molecule has 0 bridgehead atoms. The number of benzene rings is 2. The number of methoxy groups -OCH3 is 1. The Hall–Kier alpha value is -2.16. The molecule has 0 atom stereocenters. The van der Waals surface area contributed by atoms with Crippen molar-refractivity contribution >= 4 is 44.9 Å². The molecule has 0 heterocycles. The van der Waals surface area contributed by atoms with Crippen molar-refractivity contribution in [3.8, 4) is 11.5 Å². The number of amides is 1. The zero-order chi connectivity index (χ0) is 20.5. The molecule has 0 spiro atoms. The van der Waals surface area contributed by atoms with Crippen molar-refractivity contribution in [3.63, 3.8) is 0 Å². The van der Waals surface area contributed by atoms with Gasteiger partial charge in [0.1, 0.15) is 18.1 Å². The Morgan fingerprint density at radius 3 is 2.68 bits per heavy atom. The third-order valence-corrected chi connectivity index (χ3v) is 4.12. The summed E-state index contributed by atoms with van der Waals surface area (Å²) in [6.07, 6.45) is 0.0648. The smallest absolute Gasteiger partial charge is 0.261 e. The minimum atomic E-state index is -0.374. The van der Waals surface area contributed by atoms with E-state index >= 15 is 0 Å². The van der Waals surface area contributed by atoms with Crippen LogP contribution >= 0.6 is 28.1 Å². The predicted octanol–water partition coefficient (Wildman–Crippen LogP) is 4.39. The summed E-state index contributed by atoms with van der Waals surface area (Å²) < 4.78 is 17.0. The molecule has 2 aromatic carbocycles. The van der Waals surface area contributed by atoms with Crippen LogP contribution in [0.4, 0.5) is 5.69 Å². The van der Waals surface area contributed by atoms with Crippen molar-refractivity contribution in [1.82, 2.24) is 5.32 Å². The molecule has 1 amide bonds. The lowest BCUT2D eigenvalue weighted by molar-refractivity contribution is 0.0969. The second-order valence-corrected chi connectivity index (χ2v) is 7.41. The summed E-state index contributed by atoms with van der Waals surface area (Å²) in [7, 11) is 1.59. The van der Waals surface area contributed by atoms with Gasteiger partial charge in [-0.2, -0.15) is 0 Å². The van der Waals surface area contributed by atoms with E-state index in [0.29, 0.717) is 30.2 Å². The molecule has 0 saturated heterocycles. The van der Waals surface area contributed by atoms with E-state index in [0.717, 1.165) is 10.2 Å². The topological polar surface area (TPSA) is 68.8 Å². The fourth-order valence-electron chi connectivity index (χ4n) is 2.29. The second kappa shape index (κ2) is 11.0. The average Bonchev–Trinajstić information content (AvgIpc) is 2.62. The summed E-state index contributed by atoms with van der Waals surface area (Å²) in [5, 5.41) is 5.84. The SMILES string of the molecule is COCCOc1ccc(Br)cc1C(=O)NC(=S)Nc1cccc(OC(C)C)c1. The zero-order valence-corrected chi connectivity index (χ0v) is 18.4. The maximum atomic E-state index is 12.7. The molecule has 0 aliphatic carbocycles. The Morgan fingerprint density at radius 2 is 1.96 bits per heavy atom. The molecule has 8 heteroatoms. The number of hydrogen-bond acceptors (Lipinski definition) is 5. The molecule has 0 radical (unpaired) electrons. The number of carbonyl (C=O) groups excluding carboxylic acids is 1. The van der Waals surface area contributed by atoms with E-state index in [2.05, 4.69) is 26.6 Å². The molecule has 2 aromatic rings. The van der Waals surface area contributed by atoms with Gasteiger partial charge >= 0.3 is 0 Å². The van der Waals surface area contributed by atoms with E-state index in [1.165, 1.54) is 0 Å². The molecule has 0 saturated carbocycles. The first-order valence-corrected chi connectivity index (χ1v) is 9.89. The fraction of sp³-hybridized carbons (Fsp3) is 0.300. The van der Waals surface area contributed by atoms with Gasteiger partial charge in [-0.05, 0) is 56.4 Å². The van der Waals surface area contributed by atoms with Crippen molar-refractivity contribution in [2.75, 3.05) is 25.6 Å². The fourth-order valence-corrected chi connectivity index (χ4v) is 2.86. The first kappa shape index (κ1) is 22.1. The van der Waals surface area contributed by atoms with Gasteiger partial charge in [-0.25, -0.2) is 0 Å². The molecular weight excluding hydrogens is 444 g/mol. The lowest BCUT2D eigenvalue weighted by Gasteiger charge is -2.14. The maximum absolute atomic E-state index is 12.7. The highest BCUT2D eigenvalue weighted by atomic mass is 79.9. The molecule has 150 valence electrons. The molecule has 6 nitrogen and oxygen atoms in total. The standard InChI is InChI=1S/C20H23BrN2O4S/c1-13(2)27-16-6-4-5-15(12-16)22-20(28)23-19(24)17-11-14(21)7-8-18(17)26-10-9-25-3/h4-8,11-13H,9-10H2,1-3H3,(H2,22,23,24,28). The molecule has 0 aliphatic rings. The van der Waals surface area contributed by atoms with Crippen LogP contribution in [0.15, 0.2) is 46.9 Å². The van der Waals surface area contributed by atoms with E-state index in [1.807, 2.05) is 38.1 Å². The van der Waals surface area contributed by atoms with Gasteiger partial charge in [0.25, 0.3) is 5.91 Å². The second-order valence-electron chi connectivity index (χ2n) is 6.08. The van der Waals surface area contributed by atoms with E-state index < -0.39 is 0 Å². The Morgan fingerprint density at radius 1 is 1.18 bits per heavy atom. The number of ether oxygens (including phenoxy) is 3. The number of halogens is 1. The Kier molecular flexibility index (Phi) is 8.69. The summed E-state index contributed by atoms with van der Waals surface area (Å²) in [6, 6.07) is 12.6. The monoisotopic (exact) mass is 466 g/mol. The summed E-state index contributed by atoms with van der Waals surface area (Å²) >= 11 is 8.64. The molecule has 0 aliphatic heterocycles. The van der Waals surface area contributed by atoms with Gasteiger partial charge in [0.15, 0.2) is 5.11 Å². The van der Waals surface area contributed by atoms with Crippen LogP contribution in [0.3, 0.4) is 0 Å². The highest BCUT2D eigenvalue weighted by Crippen LogP contribution is 2.23. The minimum Gasteiger partial charge on any atom is -0.491 e. The number of carbonyl (C=O) groups is 1. The number of nitrogens with one attached hydrogen (secondary N) is 2. The highest BCUT2D eigenvalue weighted by Gasteiger charge is 2.15. The Labute approximate surface area is 178 Å². The van der Waals surface area contributed by atoms with Crippen LogP contribution in [0.25, 0.3) is 0 Å². The summed E-state index contributed by atoms with van der Waals surface area (Å²) in [4.78, 5) is 12.7. The molecule has 0 unspecified atom stereocenters. The first-order valence-electron chi connectivity index (χ1n) is 8.69. The van der Waals surface area contributed by atoms with Crippen LogP contribution in [0.1, 0.15) is 24.2 Å². The van der Waals surface area contributed by atoms with Gasteiger partial charge in [0, 0.05) is 23.3 Å². The molecular formula is C20H23BrN2O4S. The van der Waals surface area contributed by atoms with Crippen molar-refractivity contribution < 1.29 is 19.0 Å².